The first-order chi connectivity index (χ1) is 16.2. The number of methoxy groups -OCH3 is 1. The molecular weight excluding hydrogens is 450 g/mol. The maximum absolute atomic E-state index is 13.3. The van der Waals surface area contributed by atoms with E-state index < -0.39 is 0 Å². The molecule has 6 nitrogen and oxygen atoms in total. The average molecular weight is 478 g/mol. The Hall–Kier alpha value is -3.09. The fourth-order valence-corrected chi connectivity index (χ4v) is 6.07. The van der Waals surface area contributed by atoms with Gasteiger partial charge in [0.25, 0.3) is 5.56 Å². The Bertz CT molecular complexity index is 1490. The van der Waals surface area contributed by atoms with E-state index in [4.69, 9.17) is 4.74 Å². The molecule has 0 saturated carbocycles. The zero-order valence-electron chi connectivity index (χ0n) is 19.0. The highest BCUT2D eigenvalue weighted by molar-refractivity contribution is 6.04. The van der Waals surface area contributed by atoms with E-state index in [0.29, 0.717) is 29.3 Å². The van der Waals surface area contributed by atoms with Crippen LogP contribution in [0.2, 0.25) is 0 Å². The number of ether oxygens (including phenoxy) is 1. The second-order valence-corrected chi connectivity index (χ2v) is 9.25. The molecule has 0 radical (unpaired) electrons. The zero-order valence-corrected chi connectivity index (χ0v) is 19.9. The van der Waals surface area contributed by atoms with Gasteiger partial charge in [-0.25, -0.2) is 4.79 Å². The van der Waals surface area contributed by atoms with Gasteiger partial charge in [0.15, 0.2) is 0 Å². The average Bonchev–Trinajstić information content (AvgIpc) is 3.27. The number of nitrogens with zero attached hydrogens (tertiary/aromatic N) is 1. The van der Waals surface area contributed by atoms with Crippen LogP contribution in [-0.2, 0) is 13.0 Å². The summed E-state index contributed by atoms with van der Waals surface area (Å²) in [4.78, 5) is 29.2. The van der Waals surface area contributed by atoms with Crippen molar-refractivity contribution in [1.29, 1.82) is 0 Å². The van der Waals surface area contributed by atoms with Gasteiger partial charge in [0, 0.05) is 23.9 Å². The van der Waals surface area contributed by atoms with Crippen LogP contribution < -0.4 is 21.3 Å². The van der Waals surface area contributed by atoms with Crippen LogP contribution in [0.5, 0.6) is 5.75 Å². The lowest BCUT2D eigenvalue weighted by atomic mass is 9.73. The normalized spacial score (nSPS) is 21.1. The molecule has 1 fully saturated rings. The van der Waals surface area contributed by atoms with E-state index in [0.717, 1.165) is 42.3 Å². The molecule has 1 aromatic heterocycles. The lowest BCUT2D eigenvalue weighted by Gasteiger charge is -2.32. The lowest BCUT2D eigenvalue weighted by molar-refractivity contribution is 0.371. The number of nitrogens with one attached hydrogen (secondary N) is 2. The highest BCUT2D eigenvalue weighted by atomic mass is 35.5. The predicted octanol–water partition coefficient (Wildman–Crippen LogP) is 3.98. The first kappa shape index (κ1) is 22.7. The van der Waals surface area contributed by atoms with Gasteiger partial charge in [-0.05, 0) is 60.4 Å². The Morgan fingerprint density at radius 2 is 1.88 bits per heavy atom. The van der Waals surface area contributed by atoms with Crippen molar-refractivity contribution in [3.05, 3.63) is 86.6 Å². The SMILES string of the molecule is COc1cccc2c1CCC1CNC(CCn3c(=O)[nH]c4c(ccc5ccccc54)c3=O)C21.Cl. The van der Waals surface area contributed by atoms with Gasteiger partial charge in [-0.15, -0.1) is 12.4 Å². The number of H-pyrrole nitrogens is 1. The second kappa shape index (κ2) is 8.93. The molecule has 7 heteroatoms. The van der Waals surface area contributed by atoms with Crippen molar-refractivity contribution in [3.8, 4) is 5.75 Å². The Balaban J connectivity index is 0.00000241. The number of hydrogen-bond acceptors (Lipinski definition) is 4. The first-order valence-corrected chi connectivity index (χ1v) is 11.7. The molecular formula is C27H28ClN3O3. The minimum atomic E-state index is -0.343. The summed E-state index contributed by atoms with van der Waals surface area (Å²) in [7, 11) is 1.73. The Kier molecular flexibility index (Phi) is 5.96. The monoisotopic (exact) mass is 477 g/mol. The van der Waals surface area contributed by atoms with Gasteiger partial charge in [-0.3, -0.25) is 9.36 Å². The molecule has 3 aromatic carbocycles. The molecule has 6 rings (SSSR count). The smallest absolute Gasteiger partial charge is 0.328 e. The summed E-state index contributed by atoms with van der Waals surface area (Å²) in [6, 6.07) is 18.1. The van der Waals surface area contributed by atoms with Crippen molar-refractivity contribution in [2.45, 2.75) is 37.8 Å². The van der Waals surface area contributed by atoms with Crippen LogP contribution in [-0.4, -0.2) is 29.2 Å². The maximum Gasteiger partial charge on any atom is 0.328 e. The molecule has 3 unspecified atom stereocenters. The van der Waals surface area contributed by atoms with E-state index in [-0.39, 0.29) is 29.7 Å². The van der Waals surface area contributed by atoms with E-state index in [1.165, 1.54) is 15.7 Å². The molecule has 1 saturated heterocycles. The Morgan fingerprint density at radius 1 is 1.03 bits per heavy atom. The molecule has 0 bridgehead atoms. The summed E-state index contributed by atoms with van der Waals surface area (Å²) in [5.41, 5.74) is 2.71. The lowest BCUT2D eigenvalue weighted by Crippen LogP contribution is -2.38. The zero-order chi connectivity index (χ0) is 22.5. The number of rotatable bonds is 4. The third-order valence-electron chi connectivity index (χ3n) is 7.64. The molecule has 34 heavy (non-hydrogen) atoms. The number of benzene rings is 3. The van der Waals surface area contributed by atoms with E-state index in [2.05, 4.69) is 22.4 Å². The van der Waals surface area contributed by atoms with Gasteiger partial charge in [0.05, 0.1) is 18.0 Å². The number of fused-ring (bicyclic) bond motifs is 6. The molecule has 3 atom stereocenters. The second-order valence-electron chi connectivity index (χ2n) is 9.25. The van der Waals surface area contributed by atoms with Crippen LogP contribution in [0.15, 0.2) is 64.2 Å². The summed E-state index contributed by atoms with van der Waals surface area (Å²) >= 11 is 0. The topological polar surface area (TPSA) is 76.1 Å². The fourth-order valence-electron chi connectivity index (χ4n) is 6.07. The van der Waals surface area contributed by atoms with Crippen LogP contribution in [0.1, 0.15) is 29.9 Å². The first-order valence-electron chi connectivity index (χ1n) is 11.7. The molecule has 0 amide bonds. The Morgan fingerprint density at radius 3 is 2.74 bits per heavy atom. The molecule has 0 spiro atoms. The quantitative estimate of drug-likeness (QED) is 0.436. The number of halogens is 1. The predicted molar refractivity (Wildman–Crippen MR) is 138 cm³/mol. The third-order valence-corrected chi connectivity index (χ3v) is 7.64. The van der Waals surface area contributed by atoms with Crippen molar-refractivity contribution in [3.63, 3.8) is 0 Å². The minimum Gasteiger partial charge on any atom is -0.496 e. The molecule has 4 aromatic rings. The van der Waals surface area contributed by atoms with Gasteiger partial charge in [0.1, 0.15) is 5.75 Å². The van der Waals surface area contributed by atoms with Gasteiger partial charge in [0.2, 0.25) is 0 Å². The van der Waals surface area contributed by atoms with Gasteiger partial charge in [-0.1, -0.05) is 42.5 Å². The summed E-state index contributed by atoms with van der Waals surface area (Å²) in [5.74, 6) is 1.92. The molecule has 176 valence electrons. The highest BCUT2D eigenvalue weighted by Crippen LogP contribution is 2.45. The third kappa shape index (κ3) is 3.53. The Labute approximate surface area is 203 Å². The van der Waals surface area contributed by atoms with Gasteiger partial charge in [-0.2, -0.15) is 0 Å². The van der Waals surface area contributed by atoms with Crippen molar-refractivity contribution >= 4 is 34.1 Å². The van der Waals surface area contributed by atoms with E-state index in [1.54, 1.807) is 7.11 Å². The highest BCUT2D eigenvalue weighted by Gasteiger charge is 2.40. The van der Waals surface area contributed by atoms with Gasteiger partial charge >= 0.3 is 5.69 Å². The molecule has 1 aliphatic heterocycles. The van der Waals surface area contributed by atoms with Crippen LogP contribution >= 0.6 is 12.4 Å². The van der Waals surface area contributed by atoms with Crippen LogP contribution in [0.25, 0.3) is 21.7 Å². The molecule has 2 N–H and O–H groups in total. The standard InChI is InChI=1S/C27H27N3O3.ClH/c1-33-23-8-4-7-20-19(23)11-10-17-15-28-22(24(17)20)13-14-30-26(31)21-12-9-16-5-2-3-6-18(16)25(21)29-27(30)32;/h2-9,12,17,22,24,28H,10-11,13-15H2,1H3,(H,29,32);1H. The van der Waals surface area contributed by atoms with Crippen molar-refractivity contribution < 1.29 is 4.74 Å². The molecule has 1 aliphatic carbocycles. The van der Waals surface area contributed by atoms with E-state index in [9.17, 15) is 9.59 Å². The molecule has 2 heterocycles. The van der Waals surface area contributed by atoms with Gasteiger partial charge < -0.3 is 15.0 Å². The van der Waals surface area contributed by atoms with Crippen molar-refractivity contribution in [1.82, 2.24) is 14.9 Å². The van der Waals surface area contributed by atoms with Crippen LogP contribution in [0, 0.1) is 5.92 Å². The van der Waals surface area contributed by atoms with Crippen molar-refractivity contribution in [2.24, 2.45) is 5.92 Å². The van der Waals surface area contributed by atoms with E-state index >= 15 is 0 Å². The number of aromatic amines is 1. The maximum atomic E-state index is 13.3. The largest absolute Gasteiger partial charge is 0.496 e. The van der Waals surface area contributed by atoms with Crippen molar-refractivity contribution in [2.75, 3.05) is 13.7 Å². The summed E-state index contributed by atoms with van der Waals surface area (Å²) in [6.07, 6.45) is 2.89. The minimum absolute atomic E-state index is 0. The fraction of sp³-hybridized carbons (Fsp3) is 0.333. The number of hydrogen-bond donors (Lipinski definition) is 2. The summed E-state index contributed by atoms with van der Waals surface area (Å²) in [6.45, 7) is 1.36. The van der Waals surface area contributed by atoms with Crippen LogP contribution in [0.3, 0.4) is 0 Å². The van der Waals surface area contributed by atoms with E-state index in [1.807, 2.05) is 42.5 Å². The summed E-state index contributed by atoms with van der Waals surface area (Å²) < 4.78 is 6.98. The van der Waals surface area contributed by atoms with Crippen LogP contribution in [0.4, 0.5) is 0 Å². The number of aromatic nitrogens is 2. The summed E-state index contributed by atoms with van der Waals surface area (Å²) in [5, 5.41) is 6.13. The molecule has 2 aliphatic rings.